The average Bonchev–Trinajstić information content (AvgIpc) is 2.43. The van der Waals surface area contributed by atoms with Crippen molar-refractivity contribution >= 4 is 17.7 Å². The normalized spacial score (nSPS) is 16.5. The molecule has 6 heteroatoms. The Morgan fingerprint density at radius 2 is 1.95 bits per heavy atom. The van der Waals surface area contributed by atoms with Gasteiger partial charge in [0.2, 0.25) is 0 Å². The third kappa shape index (κ3) is 4.19. The molecular weight excluding hydrogens is 270 g/mol. The molecule has 6 nitrogen and oxygen atoms in total. The predicted molar refractivity (Wildman–Crippen MR) is 80.8 cm³/mol. The van der Waals surface area contributed by atoms with Crippen molar-refractivity contribution in [2.75, 3.05) is 25.5 Å². The number of carboxylic acids is 1. The van der Waals surface area contributed by atoms with Gasteiger partial charge in [-0.2, -0.15) is 0 Å². The lowest BCUT2D eigenvalue weighted by Crippen LogP contribution is -2.45. The number of carbonyl (C=O) groups excluding carboxylic acids is 1. The topological polar surface area (TPSA) is 81.7 Å². The van der Waals surface area contributed by atoms with Gasteiger partial charge in [-0.1, -0.05) is 11.6 Å². The minimum absolute atomic E-state index is 0.105. The van der Waals surface area contributed by atoms with E-state index < -0.39 is 5.97 Å². The fourth-order valence-corrected chi connectivity index (χ4v) is 2.44. The monoisotopic (exact) mass is 291 g/mol. The molecule has 0 radical (unpaired) electrons. The maximum absolute atomic E-state index is 12.0. The molecule has 2 amide bonds. The third-order valence-corrected chi connectivity index (χ3v) is 3.71. The van der Waals surface area contributed by atoms with E-state index in [-0.39, 0.29) is 17.6 Å². The van der Waals surface area contributed by atoms with E-state index in [1.807, 2.05) is 6.92 Å². The molecule has 1 aromatic carbocycles. The van der Waals surface area contributed by atoms with Crippen LogP contribution in [0.1, 0.15) is 28.8 Å². The van der Waals surface area contributed by atoms with Crippen LogP contribution in [-0.2, 0) is 0 Å². The molecule has 0 aromatic heterocycles. The Kier molecular flexibility index (Phi) is 4.80. The number of nitrogens with one attached hydrogen (secondary N) is 2. The van der Waals surface area contributed by atoms with Crippen LogP contribution in [0.4, 0.5) is 10.5 Å². The molecule has 1 aliphatic rings. The highest BCUT2D eigenvalue weighted by Gasteiger charge is 2.19. The molecule has 0 saturated carbocycles. The fourth-order valence-electron chi connectivity index (χ4n) is 2.44. The van der Waals surface area contributed by atoms with Crippen LogP contribution in [0.3, 0.4) is 0 Å². The lowest BCUT2D eigenvalue weighted by Gasteiger charge is -2.29. The van der Waals surface area contributed by atoms with Crippen molar-refractivity contribution in [3.8, 4) is 0 Å². The van der Waals surface area contributed by atoms with Crippen LogP contribution in [-0.4, -0.2) is 48.2 Å². The molecule has 1 aromatic rings. The minimum Gasteiger partial charge on any atom is -0.478 e. The minimum atomic E-state index is -1.05. The molecule has 0 atom stereocenters. The predicted octanol–water partition coefficient (Wildman–Crippen LogP) is 1.91. The number of benzene rings is 1. The number of rotatable bonds is 3. The summed E-state index contributed by atoms with van der Waals surface area (Å²) in [6.07, 6.45) is 1.81. The first-order chi connectivity index (χ1) is 9.95. The van der Waals surface area contributed by atoms with Crippen molar-refractivity contribution in [2.24, 2.45) is 0 Å². The lowest BCUT2D eigenvalue weighted by molar-refractivity contribution is 0.0698. The van der Waals surface area contributed by atoms with E-state index in [1.54, 1.807) is 18.2 Å². The maximum Gasteiger partial charge on any atom is 0.337 e. The number of nitrogens with zero attached hydrogens (tertiary/aromatic N) is 1. The molecular formula is C15H21N3O3. The number of anilines is 1. The highest BCUT2D eigenvalue weighted by atomic mass is 16.4. The smallest absolute Gasteiger partial charge is 0.337 e. The van der Waals surface area contributed by atoms with Crippen LogP contribution < -0.4 is 10.6 Å². The van der Waals surface area contributed by atoms with Gasteiger partial charge in [-0.25, -0.2) is 9.59 Å². The van der Waals surface area contributed by atoms with Crippen molar-refractivity contribution in [3.63, 3.8) is 0 Å². The summed E-state index contributed by atoms with van der Waals surface area (Å²) in [5, 5.41) is 14.7. The van der Waals surface area contributed by atoms with Crippen molar-refractivity contribution in [1.29, 1.82) is 0 Å². The van der Waals surface area contributed by atoms with Gasteiger partial charge >= 0.3 is 12.0 Å². The molecule has 1 saturated heterocycles. The summed E-state index contributed by atoms with van der Waals surface area (Å²) in [5.41, 5.74) is 1.26. The van der Waals surface area contributed by atoms with Crippen LogP contribution >= 0.6 is 0 Å². The molecule has 0 unspecified atom stereocenters. The van der Waals surface area contributed by atoms with Gasteiger partial charge in [0.1, 0.15) is 0 Å². The third-order valence-electron chi connectivity index (χ3n) is 3.71. The van der Waals surface area contributed by atoms with Gasteiger partial charge in [-0.05, 0) is 52.0 Å². The summed E-state index contributed by atoms with van der Waals surface area (Å²) in [6.45, 7) is 3.72. The van der Waals surface area contributed by atoms with Crippen molar-refractivity contribution < 1.29 is 14.7 Å². The summed E-state index contributed by atoms with van der Waals surface area (Å²) in [7, 11) is 2.06. The molecule has 1 heterocycles. The number of carboxylic acid groups (broad SMARTS) is 1. The highest BCUT2D eigenvalue weighted by molar-refractivity contribution is 6.00. The van der Waals surface area contributed by atoms with Gasteiger partial charge in [-0.3, -0.25) is 0 Å². The zero-order valence-electron chi connectivity index (χ0n) is 12.3. The Morgan fingerprint density at radius 1 is 1.29 bits per heavy atom. The van der Waals surface area contributed by atoms with E-state index >= 15 is 0 Å². The largest absolute Gasteiger partial charge is 0.478 e. The number of piperidine rings is 1. The number of carbonyl (C=O) groups is 2. The molecule has 114 valence electrons. The molecule has 21 heavy (non-hydrogen) atoms. The van der Waals surface area contributed by atoms with Gasteiger partial charge in [0.25, 0.3) is 0 Å². The van der Waals surface area contributed by atoms with Crippen LogP contribution in [0.5, 0.6) is 0 Å². The Bertz CT molecular complexity index is 537. The second-order valence-corrected chi connectivity index (χ2v) is 5.53. The van der Waals surface area contributed by atoms with E-state index in [0.717, 1.165) is 31.5 Å². The first kappa shape index (κ1) is 15.3. The molecule has 0 bridgehead atoms. The van der Waals surface area contributed by atoms with Crippen LogP contribution in [0.15, 0.2) is 18.2 Å². The van der Waals surface area contributed by atoms with Crippen molar-refractivity contribution in [1.82, 2.24) is 10.2 Å². The number of hydrogen-bond acceptors (Lipinski definition) is 3. The SMILES string of the molecule is Cc1ccc(NC(=O)NC2CCN(C)CC2)c(C(=O)O)c1. The van der Waals surface area contributed by atoms with Gasteiger partial charge < -0.3 is 20.6 Å². The number of urea groups is 1. The molecule has 0 spiro atoms. The van der Waals surface area contributed by atoms with Crippen LogP contribution in [0.25, 0.3) is 0 Å². The summed E-state index contributed by atoms with van der Waals surface area (Å²) < 4.78 is 0. The number of aryl methyl sites for hydroxylation is 1. The number of amides is 2. The van der Waals surface area contributed by atoms with Gasteiger partial charge in [0, 0.05) is 6.04 Å². The van der Waals surface area contributed by atoms with E-state index in [0.29, 0.717) is 5.69 Å². The zero-order valence-corrected chi connectivity index (χ0v) is 12.3. The molecule has 3 N–H and O–H groups in total. The quantitative estimate of drug-likeness (QED) is 0.794. The zero-order chi connectivity index (χ0) is 15.4. The van der Waals surface area contributed by atoms with E-state index in [9.17, 15) is 14.7 Å². The first-order valence-electron chi connectivity index (χ1n) is 7.05. The van der Waals surface area contributed by atoms with Crippen LogP contribution in [0.2, 0.25) is 0 Å². The average molecular weight is 291 g/mol. The van der Waals surface area contributed by atoms with Crippen LogP contribution in [0, 0.1) is 6.92 Å². The van der Waals surface area contributed by atoms with Gasteiger partial charge in [-0.15, -0.1) is 0 Å². The Labute approximate surface area is 124 Å². The fraction of sp³-hybridized carbons (Fsp3) is 0.467. The van der Waals surface area contributed by atoms with E-state index in [1.165, 1.54) is 0 Å². The number of aromatic carboxylic acids is 1. The summed E-state index contributed by atoms with van der Waals surface area (Å²) in [6, 6.07) is 4.73. The van der Waals surface area contributed by atoms with Gasteiger partial charge in [0.05, 0.1) is 11.3 Å². The highest BCUT2D eigenvalue weighted by Crippen LogP contribution is 2.17. The second-order valence-electron chi connectivity index (χ2n) is 5.53. The second kappa shape index (κ2) is 6.58. The van der Waals surface area contributed by atoms with E-state index in [2.05, 4.69) is 22.6 Å². The number of hydrogen-bond donors (Lipinski definition) is 3. The Balaban J connectivity index is 1.98. The summed E-state index contributed by atoms with van der Waals surface area (Å²) in [4.78, 5) is 25.4. The van der Waals surface area contributed by atoms with E-state index in [4.69, 9.17) is 0 Å². The molecule has 0 aliphatic carbocycles. The molecule has 2 rings (SSSR count). The maximum atomic E-state index is 12.0. The van der Waals surface area contributed by atoms with Gasteiger partial charge in [0.15, 0.2) is 0 Å². The summed E-state index contributed by atoms with van der Waals surface area (Å²) >= 11 is 0. The Hall–Kier alpha value is -2.08. The first-order valence-corrected chi connectivity index (χ1v) is 7.05. The lowest BCUT2D eigenvalue weighted by atomic mass is 10.1. The number of likely N-dealkylation sites (tertiary alicyclic amines) is 1. The molecule has 1 fully saturated rings. The summed E-state index contributed by atoms with van der Waals surface area (Å²) in [5.74, 6) is -1.05. The molecule has 1 aliphatic heterocycles. The standard InChI is InChI=1S/C15H21N3O3/c1-10-3-4-13(12(9-10)14(19)20)17-15(21)16-11-5-7-18(2)8-6-11/h3-4,9,11H,5-8H2,1-2H3,(H,19,20)(H2,16,17,21). The Morgan fingerprint density at radius 3 is 2.57 bits per heavy atom. The van der Waals surface area contributed by atoms with Crippen molar-refractivity contribution in [2.45, 2.75) is 25.8 Å². The van der Waals surface area contributed by atoms with Crippen molar-refractivity contribution in [3.05, 3.63) is 29.3 Å².